The zero-order valence-corrected chi connectivity index (χ0v) is 39.4. The Hall–Kier alpha value is -5.26. The SMILES string of the molecule is CC(C)(C)c1cc2c(O)c(c1)Cc1cc(C(C)(C)C)cc3c1O[Si](c1ccccc1)(c1ccccc1)Oc1c(cc(C(C)(C)C)cc1C3)Cc1cc(C(C)(C)C)cc(c1O)C2. The first-order chi connectivity index (χ1) is 28.5. The van der Waals surface area contributed by atoms with E-state index >= 15 is 0 Å². The molecule has 1 aliphatic carbocycles. The van der Waals surface area contributed by atoms with Crippen LogP contribution in [0.3, 0.4) is 0 Å². The van der Waals surface area contributed by atoms with E-state index < -0.39 is 8.56 Å². The molecule has 5 heteroatoms. The zero-order valence-electron chi connectivity index (χ0n) is 38.4. The summed E-state index contributed by atoms with van der Waals surface area (Å²) in [5.41, 5.74) is 11.5. The van der Waals surface area contributed by atoms with Crippen molar-refractivity contribution >= 4 is 18.9 Å². The lowest BCUT2D eigenvalue weighted by atomic mass is 9.79. The Morgan fingerprint density at radius 2 is 0.590 bits per heavy atom. The molecular weight excluding hydrogens is 765 g/mol. The molecule has 0 spiro atoms. The highest BCUT2D eigenvalue weighted by Gasteiger charge is 2.50. The summed E-state index contributed by atoms with van der Waals surface area (Å²) in [5, 5.41) is 27.0. The summed E-state index contributed by atoms with van der Waals surface area (Å²) in [4.78, 5) is 0. The van der Waals surface area contributed by atoms with Gasteiger partial charge in [0.2, 0.25) is 0 Å². The van der Waals surface area contributed by atoms with E-state index in [1.807, 2.05) is 12.1 Å². The van der Waals surface area contributed by atoms with Crippen molar-refractivity contribution in [2.75, 3.05) is 0 Å². The Bertz CT molecular complexity index is 2450. The number of hydrogen-bond acceptors (Lipinski definition) is 4. The van der Waals surface area contributed by atoms with Crippen molar-refractivity contribution in [2.45, 2.75) is 130 Å². The van der Waals surface area contributed by atoms with Crippen molar-refractivity contribution in [3.63, 3.8) is 0 Å². The quantitative estimate of drug-likeness (QED) is 0.170. The highest BCUT2D eigenvalue weighted by molar-refractivity contribution is 6.93. The Balaban J connectivity index is 1.57. The van der Waals surface area contributed by atoms with Crippen LogP contribution in [-0.4, -0.2) is 18.8 Å². The van der Waals surface area contributed by atoms with Crippen LogP contribution in [0.15, 0.2) is 109 Å². The topological polar surface area (TPSA) is 58.9 Å². The summed E-state index contributed by atoms with van der Waals surface area (Å²) in [6.45, 7) is 27.0. The van der Waals surface area contributed by atoms with Crippen LogP contribution < -0.4 is 19.2 Å². The summed E-state index contributed by atoms with van der Waals surface area (Å²) < 4.78 is 15.8. The van der Waals surface area contributed by atoms with E-state index in [1.54, 1.807) is 0 Å². The second-order valence-electron chi connectivity index (χ2n) is 21.8. The molecule has 0 fully saturated rings. The molecule has 0 unspecified atom stereocenters. The molecular formula is C56H64O4Si. The minimum Gasteiger partial charge on any atom is -0.507 e. The number of aromatic hydroxyl groups is 2. The van der Waals surface area contributed by atoms with Gasteiger partial charge in [-0.05, 0) is 88.4 Å². The first-order valence-electron chi connectivity index (χ1n) is 22.0. The van der Waals surface area contributed by atoms with Gasteiger partial charge in [0.1, 0.15) is 23.0 Å². The van der Waals surface area contributed by atoms with E-state index in [0.29, 0.717) is 25.7 Å². The van der Waals surface area contributed by atoms with Gasteiger partial charge >= 0.3 is 8.56 Å². The summed E-state index contributed by atoms with van der Waals surface area (Å²) in [7, 11) is -3.68. The van der Waals surface area contributed by atoms with Crippen molar-refractivity contribution in [1.29, 1.82) is 0 Å². The van der Waals surface area contributed by atoms with Crippen LogP contribution in [0.5, 0.6) is 23.0 Å². The van der Waals surface area contributed by atoms with Gasteiger partial charge in [0.15, 0.2) is 0 Å². The number of phenolic OH excluding ortho intramolecular Hbond substituents is 2. The lowest BCUT2D eigenvalue weighted by Crippen LogP contribution is -2.68. The molecule has 0 saturated heterocycles. The molecule has 6 aromatic carbocycles. The molecule has 2 heterocycles. The maximum absolute atomic E-state index is 12.5. The van der Waals surface area contributed by atoms with Gasteiger partial charge in [-0.2, -0.15) is 0 Å². The molecule has 6 aromatic rings. The zero-order chi connectivity index (χ0) is 43.9. The molecule has 9 rings (SSSR count). The molecule has 4 nitrogen and oxygen atoms in total. The number of fused-ring (bicyclic) bond motifs is 2. The average molecular weight is 829 g/mol. The summed E-state index contributed by atoms with van der Waals surface area (Å²) in [6, 6.07) is 39.0. The molecule has 0 amide bonds. The van der Waals surface area contributed by atoms with E-state index in [4.69, 9.17) is 8.85 Å². The highest BCUT2D eigenvalue weighted by atomic mass is 28.4. The number of rotatable bonds is 2. The van der Waals surface area contributed by atoms with E-state index in [1.165, 1.54) is 11.1 Å². The van der Waals surface area contributed by atoms with Gasteiger partial charge in [0.05, 0.1) is 0 Å². The van der Waals surface area contributed by atoms with Crippen LogP contribution in [-0.2, 0) is 47.3 Å². The van der Waals surface area contributed by atoms with Gasteiger partial charge < -0.3 is 19.1 Å². The Morgan fingerprint density at radius 3 is 0.852 bits per heavy atom. The largest absolute Gasteiger partial charge is 0.531 e. The molecule has 2 N–H and O–H groups in total. The van der Waals surface area contributed by atoms with E-state index in [-0.39, 0.29) is 33.2 Å². The van der Waals surface area contributed by atoms with Gasteiger partial charge in [0, 0.05) is 36.1 Å². The monoisotopic (exact) mass is 828 g/mol. The molecule has 0 aromatic heterocycles. The van der Waals surface area contributed by atoms with Crippen LogP contribution >= 0.6 is 0 Å². The third-order valence-corrected chi connectivity index (χ3v) is 16.0. The Kier molecular flexibility index (Phi) is 10.4. The lowest BCUT2D eigenvalue weighted by Gasteiger charge is -2.38. The molecule has 0 radical (unpaired) electrons. The van der Waals surface area contributed by atoms with Crippen molar-refractivity contribution in [2.24, 2.45) is 0 Å². The first kappa shape index (κ1) is 42.4. The molecule has 61 heavy (non-hydrogen) atoms. The normalized spacial score (nSPS) is 15.1. The second kappa shape index (κ2) is 15.0. The maximum atomic E-state index is 12.5. The molecule has 316 valence electrons. The van der Waals surface area contributed by atoms with Crippen LogP contribution in [0, 0.1) is 0 Å². The summed E-state index contributed by atoms with van der Waals surface area (Å²) in [5.74, 6) is 2.17. The predicted octanol–water partition coefficient (Wildman–Crippen LogP) is 12.0. The minimum absolute atomic E-state index is 0.163. The van der Waals surface area contributed by atoms with Crippen molar-refractivity contribution in [3.05, 3.63) is 176 Å². The summed E-state index contributed by atoms with van der Waals surface area (Å²) >= 11 is 0. The number of phenols is 2. The van der Waals surface area contributed by atoms with Gasteiger partial charge in [-0.3, -0.25) is 0 Å². The van der Waals surface area contributed by atoms with Gasteiger partial charge in [-0.25, -0.2) is 0 Å². The van der Waals surface area contributed by atoms with Crippen molar-refractivity contribution in [3.8, 4) is 23.0 Å². The van der Waals surface area contributed by atoms with Crippen molar-refractivity contribution < 1.29 is 19.1 Å². The lowest BCUT2D eigenvalue weighted by molar-refractivity contribution is 0.401. The third-order valence-electron chi connectivity index (χ3n) is 12.8. The van der Waals surface area contributed by atoms with E-state index in [0.717, 1.165) is 77.5 Å². The third kappa shape index (κ3) is 8.14. The fourth-order valence-electron chi connectivity index (χ4n) is 8.93. The van der Waals surface area contributed by atoms with Crippen LogP contribution in [0.25, 0.3) is 0 Å². The molecule has 3 aliphatic rings. The first-order valence-corrected chi connectivity index (χ1v) is 23.8. The van der Waals surface area contributed by atoms with Gasteiger partial charge in [0.25, 0.3) is 0 Å². The van der Waals surface area contributed by atoms with Crippen LogP contribution in [0.4, 0.5) is 0 Å². The molecule has 10 bridgehead atoms. The van der Waals surface area contributed by atoms with Crippen molar-refractivity contribution in [1.82, 2.24) is 0 Å². The Morgan fingerprint density at radius 1 is 0.361 bits per heavy atom. The molecule has 2 aliphatic heterocycles. The molecule has 0 atom stereocenters. The van der Waals surface area contributed by atoms with E-state index in [2.05, 4.69) is 180 Å². The average Bonchev–Trinajstić information content (AvgIpc) is 3.17. The van der Waals surface area contributed by atoms with Gasteiger partial charge in [-0.1, -0.05) is 192 Å². The Labute approximate surface area is 365 Å². The minimum atomic E-state index is -3.68. The highest BCUT2D eigenvalue weighted by Crippen LogP contribution is 2.46. The van der Waals surface area contributed by atoms with Crippen LogP contribution in [0.2, 0.25) is 0 Å². The number of hydrogen-bond donors (Lipinski definition) is 2. The fourth-order valence-corrected chi connectivity index (χ4v) is 12.1. The number of benzene rings is 6. The van der Waals surface area contributed by atoms with Gasteiger partial charge in [-0.15, -0.1) is 0 Å². The standard InChI is InChI=1S/C56H64O4Si/c1-53(2,3)43-27-35-23-36-28-44(54(4,5)6)30-38(50(36)58)25-40-32-46(56(10,11)12)34-42-26-41-33-45(55(7,8)9)31-39(24-37(29-43)49(35)57)51(41)59-61(60-52(40)42,47-19-15-13-16-20-47)48-21-17-14-18-22-48/h13-22,27-34,57-58H,23-26H2,1-12H3. The smallest absolute Gasteiger partial charge is 0.507 e. The fraction of sp³-hybridized carbons (Fsp3) is 0.357. The predicted molar refractivity (Wildman–Crippen MR) is 254 cm³/mol. The molecule has 0 saturated carbocycles. The summed E-state index contributed by atoms with van der Waals surface area (Å²) in [6.07, 6.45) is 1.87. The van der Waals surface area contributed by atoms with Crippen LogP contribution in [0.1, 0.15) is 150 Å². The maximum Gasteiger partial charge on any atom is 0.531 e. The second-order valence-corrected chi connectivity index (χ2v) is 24.6. The van der Waals surface area contributed by atoms with E-state index in [9.17, 15) is 10.2 Å².